The van der Waals surface area contributed by atoms with Crippen LogP contribution >= 0.6 is 0 Å². The minimum Gasteiger partial charge on any atom is -0.311 e. The lowest BCUT2D eigenvalue weighted by Crippen LogP contribution is -2.27. The highest BCUT2D eigenvalue weighted by molar-refractivity contribution is 6.07. The zero-order valence-electron chi connectivity index (χ0n) is 11.9. The average molecular weight is 277 g/mol. The lowest BCUT2D eigenvalue weighted by Gasteiger charge is -2.18. The predicted molar refractivity (Wildman–Crippen MR) is 83.5 cm³/mol. The quantitative estimate of drug-likeness (QED) is 0.722. The second-order valence-electron chi connectivity index (χ2n) is 4.88. The summed E-state index contributed by atoms with van der Waals surface area (Å²) in [5.41, 5.74) is 3.10. The van der Waals surface area contributed by atoms with E-state index in [0.717, 1.165) is 22.3 Å². The van der Waals surface area contributed by atoms with Crippen LogP contribution in [0.3, 0.4) is 0 Å². The molecule has 0 bridgehead atoms. The third kappa shape index (κ3) is 2.48. The van der Waals surface area contributed by atoms with Gasteiger partial charge >= 0.3 is 0 Å². The van der Waals surface area contributed by atoms with Crippen molar-refractivity contribution in [2.24, 2.45) is 0 Å². The second-order valence-corrected chi connectivity index (χ2v) is 4.88. The number of amides is 1. The Bertz CT molecular complexity index is 814. The highest BCUT2D eigenvalue weighted by atomic mass is 16.2. The molecule has 104 valence electrons. The van der Waals surface area contributed by atoms with Crippen LogP contribution < -0.4 is 4.90 Å². The molecule has 4 nitrogen and oxygen atoms in total. The zero-order chi connectivity index (χ0) is 14.8. The molecule has 4 heteroatoms. The number of hydrogen-bond acceptors (Lipinski definition) is 3. The van der Waals surface area contributed by atoms with Crippen LogP contribution in [-0.4, -0.2) is 22.9 Å². The van der Waals surface area contributed by atoms with Crippen LogP contribution in [0.2, 0.25) is 0 Å². The number of fused-ring (bicyclic) bond motifs is 1. The van der Waals surface area contributed by atoms with E-state index in [2.05, 4.69) is 9.97 Å². The number of hydrogen-bond donors (Lipinski definition) is 0. The van der Waals surface area contributed by atoms with Gasteiger partial charge in [0.05, 0.1) is 11.1 Å². The van der Waals surface area contributed by atoms with Gasteiger partial charge in [0, 0.05) is 36.2 Å². The fourth-order valence-corrected chi connectivity index (χ4v) is 2.28. The largest absolute Gasteiger partial charge is 0.311 e. The number of nitrogens with zero attached hydrogens (tertiary/aromatic N) is 3. The van der Waals surface area contributed by atoms with Crippen LogP contribution in [0.15, 0.2) is 54.9 Å². The lowest BCUT2D eigenvalue weighted by atomic mass is 10.1. The molecule has 3 aromatic rings. The first-order valence-electron chi connectivity index (χ1n) is 6.71. The van der Waals surface area contributed by atoms with Crippen molar-refractivity contribution in [2.45, 2.75) is 6.92 Å². The molecule has 2 aromatic heterocycles. The summed E-state index contributed by atoms with van der Waals surface area (Å²) in [4.78, 5) is 22.7. The van der Waals surface area contributed by atoms with Crippen molar-refractivity contribution in [3.05, 3.63) is 66.1 Å². The van der Waals surface area contributed by atoms with Crippen LogP contribution in [0, 0.1) is 6.92 Å². The van der Waals surface area contributed by atoms with Gasteiger partial charge < -0.3 is 4.90 Å². The van der Waals surface area contributed by atoms with E-state index in [1.54, 1.807) is 36.5 Å². The number of aromatic nitrogens is 2. The summed E-state index contributed by atoms with van der Waals surface area (Å²) in [6.45, 7) is 1.84. The van der Waals surface area contributed by atoms with E-state index in [4.69, 9.17) is 0 Å². The number of rotatable bonds is 2. The summed E-state index contributed by atoms with van der Waals surface area (Å²) in [6.07, 6.45) is 3.45. The van der Waals surface area contributed by atoms with Gasteiger partial charge in [-0.05, 0) is 43.3 Å². The van der Waals surface area contributed by atoms with Crippen LogP contribution in [0.1, 0.15) is 16.1 Å². The van der Waals surface area contributed by atoms with E-state index in [0.29, 0.717) is 5.56 Å². The molecule has 0 aliphatic rings. The summed E-state index contributed by atoms with van der Waals surface area (Å²) in [7, 11) is 1.77. The first-order valence-corrected chi connectivity index (χ1v) is 6.71. The smallest absolute Gasteiger partial charge is 0.259 e. The molecule has 1 amide bonds. The number of aryl methyl sites for hydroxylation is 1. The van der Waals surface area contributed by atoms with Crippen molar-refractivity contribution in [2.75, 3.05) is 11.9 Å². The minimum absolute atomic E-state index is 0.0659. The summed E-state index contributed by atoms with van der Waals surface area (Å²) in [5.74, 6) is -0.0659. The van der Waals surface area contributed by atoms with E-state index < -0.39 is 0 Å². The Morgan fingerprint density at radius 1 is 1.05 bits per heavy atom. The molecule has 0 aliphatic carbocycles. The molecule has 0 N–H and O–H groups in total. The first-order chi connectivity index (χ1) is 10.2. The molecule has 0 unspecified atom stereocenters. The Morgan fingerprint density at radius 3 is 2.62 bits per heavy atom. The van der Waals surface area contributed by atoms with Gasteiger partial charge in [0.1, 0.15) is 0 Å². The van der Waals surface area contributed by atoms with Gasteiger partial charge in [0.2, 0.25) is 0 Å². The Balaban J connectivity index is 1.98. The molecule has 0 fully saturated rings. The lowest BCUT2D eigenvalue weighted by molar-refractivity contribution is 0.0992. The molecule has 1 aromatic carbocycles. The van der Waals surface area contributed by atoms with Gasteiger partial charge in [0.15, 0.2) is 0 Å². The van der Waals surface area contributed by atoms with Crippen molar-refractivity contribution in [3.8, 4) is 0 Å². The van der Waals surface area contributed by atoms with Gasteiger partial charge in [-0.3, -0.25) is 14.8 Å². The van der Waals surface area contributed by atoms with Crippen LogP contribution in [0.5, 0.6) is 0 Å². The molecule has 0 saturated heterocycles. The number of anilines is 1. The summed E-state index contributed by atoms with van der Waals surface area (Å²) in [5, 5.41) is 1.01. The fourth-order valence-electron chi connectivity index (χ4n) is 2.28. The standard InChI is InChI=1S/C17H15N3O/c1-12-15(6-4-9-18-12)17(21)20(2)14-7-8-16-13(11-14)5-3-10-19-16/h3-11H,1-2H3. The normalized spacial score (nSPS) is 10.6. The number of carbonyl (C=O) groups is 1. The third-order valence-electron chi connectivity index (χ3n) is 3.52. The Hall–Kier alpha value is -2.75. The summed E-state index contributed by atoms with van der Waals surface area (Å²) in [6, 6.07) is 13.2. The fraction of sp³-hybridized carbons (Fsp3) is 0.118. The van der Waals surface area contributed by atoms with Crippen molar-refractivity contribution < 1.29 is 4.79 Å². The van der Waals surface area contributed by atoms with Crippen LogP contribution in [0.25, 0.3) is 10.9 Å². The molecular formula is C17H15N3O. The molecule has 0 saturated carbocycles. The van der Waals surface area contributed by atoms with E-state index >= 15 is 0 Å². The van der Waals surface area contributed by atoms with Gasteiger partial charge in [-0.15, -0.1) is 0 Å². The molecule has 0 aliphatic heterocycles. The van der Waals surface area contributed by atoms with Crippen LogP contribution in [-0.2, 0) is 0 Å². The van der Waals surface area contributed by atoms with E-state index in [1.165, 1.54) is 0 Å². The molecule has 0 radical (unpaired) electrons. The predicted octanol–water partition coefficient (Wildman–Crippen LogP) is 3.21. The highest BCUT2D eigenvalue weighted by Crippen LogP contribution is 2.21. The van der Waals surface area contributed by atoms with Crippen molar-refractivity contribution in [1.82, 2.24) is 9.97 Å². The minimum atomic E-state index is -0.0659. The first kappa shape index (κ1) is 13.2. The molecule has 21 heavy (non-hydrogen) atoms. The average Bonchev–Trinajstić information content (AvgIpc) is 2.53. The van der Waals surface area contributed by atoms with Gasteiger partial charge in [0.25, 0.3) is 5.91 Å². The molecular weight excluding hydrogens is 262 g/mol. The topological polar surface area (TPSA) is 46.1 Å². The van der Waals surface area contributed by atoms with E-state index in [-0.39, 0.29) is 5.91 Å². The summed E-state index contributed by atoms with van der Waals surface area (Å²) >= 11 is 0. The van der Waals surface area contributed by atoms with Crippen LogP contribution in [0.4, 0.5) is 5.69 Å². The monoisotopic (exact) mass is 277 g/mol. The van der Waals surface area contributed by atoms with E-state index in [1.807, 2.05) is 37.3 Å². The van der Waals surface area contributed by atoms with E-state index in [9.17, 15) is 4.79 Å². The van der Waals surface area contributed by atoms with Gasteiger partial charge in [-0.25, -0.2) is 0 Å². The Kier molecular flexibility index (Phi) is 3.36. The Morgan fingerprint density at radius 2 is 1.81 bits per heavy atom. The molecule has 0 spiro atoms. The maximum Gasteiger partial charge on any atom is 0.259 e. The molecule has 2 heterocycles. The van der Waals surface area contributed by atoms with Crippen molar-refractivity contribution >= 4 is 22.5 Å². The molecule has 0 atom stereocenters. The number of carbonyl (C=O) groups excluding carboxylic acids is 1. The SMILES string of the molecule is Cc1ncccc1C(=O)N(C)c1ccc2ncccc2c1. The molecule has 3 rings (SSSR count). The van der Waals surface area contributed by atoms with Gasteiger partial charge in [-0.1, -0.05) is 6.07 Å². The highest BCUT2D eigenvalue weighted by Gasteiger charge is 2.16. The maximum absolute atomic E-state index is 12.6. The van der Waals surface area contributed by atoms with Crippen molar-refractivity contribution in [3.63, 3.8) is 0 Å². The second kappa shape index (κ2) is 5.32. The van der Waals surface area contributed by atoms with Gasteiger partial charge in [-0.2, -0.15) is 0 Å². The Labute approximate surface area is 123 Å². The summed E-state index contributed by atoms with van der Waals surface area (Å²) < 4.78 is 0. The maximum atomic E-state index is 12.6. The zero-order valence-corrected chi connectivity index (χ0v) is 11.9. The third-order valence-corrected chi connectivity index (χ3v) is 3.52. The number of pyridine rings is 2. The van der Waals surface area contributed by atoms with Crippen molar-refractivity contribution in [1.29, 1.82) is 0 Å². The number of benzene rings is 1.